The molecule has 0 bridgehead atoms. The highest BCUT2D eigenvalue weighted by Crippen LogP contribution is 2.38. The molecule has 0 amide bonds. The number of benzene rings is 3. The minimum absolute atomic E-state index is 0.0150. The molecule has 242 valence electrons. The van der Waals surface area contributed by atoms with Crippen LogP contribution in [0.2, 0.25) is 0 Å². The molecule has 0 radical (unpaired) electrons. The molecule has 2 heterocycles. The monoisotopic (exact) mass is 655 g/mol. The van der Waals surface area contributed by atoms with Crippen LogP contribution < -0.4 is 15.8 Å². The van der Waals surface area contributed by atoms with Gasteiger partial charge in [0.25, 0.3) is 0 Å². The van der Waals surface area contributed by atoms with Crippen LogP contribution in [0.5, 0.6) is 5.75 Å². The van der Waals surface area contributed by atoms with Crippen molar-refractivity contribution in [3.8, 4) is 16.9 Å². The third kappa shape index (κ3) is 7.12. The molecule has 3 fully saturated rings. The molecule has 6 rings (SSSR count). The van der Waals surface area contributed by atoms with E-state index in [0.717, 1.165) is 11.1 Å². The van der Waals surface area contributed by atoms with Crippen molar-refractivity contribution in [2.75, 3.05) is 32.8 Å². The van der Waals surface area contributed by atoms with E-state index in [1.54, 1.807) is 30.3 Å². The van der Waals surface area contributed by atoms with Crippen molar-refractivity contribution >= 4 is 19.9 Å². The molecular weight excluding hydrogens is 615 g/mol. The van der Waals surface area contributed by atoms with Crippen LogP contribution >= 0.6 is 0 Å². The molecule has 45 heavy (non-hydrogen) atoms. The lowest BCUT2D eigenvalue weighted by Crippen LogP contribution is -2.47. The van der Waals surface area contributed by atoms with Crippen molar-refractivity contribution in [1.82, 2.24) is 9.62 Å². The maximum absolute atomic E-state index is 13.8. The average molecular weight is 656 g/mol. The van der Waals surface area contributed by atoms with Gasteiger partial charge >= 0.3 is 0 Å². The molecule has 12 heteroatoms. The van der Waals surface area contributed by atoms with Gasteiger partial charge in [0.15, 0.2) is 9.84 Å². The molecule has 0 aromatic heterocycles. The summed E-state index contributed by atoms with van der Waals surface area (Å²) in [5.41, 5.74) is 7.90. The van der Waals surface area contributed by atoms with Gasteiger partial charge in [-0.1, -0.05) is 48.5 Å². The first kappa shape index (κ1) is 32.1. The standard InChI is InChI=1S/C33H41N3O7S2/c34-20-26-10-9-25(24-5-2-1-3-6-24)17-32(26)45(40,41)36-15-13-33(14-16-36)19-27(22-43-33)35-21-28(37)23-42-29-7-4-8-31(18-29)44(38,39)30-11-12-30/h1-10,17-18,27-28,30,35,37H,11-16,19-23,34H2. The fraction of sp³-hybridized carbons (Fsp3) is 0.455. The Kier molecular flexibility index (Phi) is 9.36. The van der Waals surface area contributed by atoms with Crippen LogP contribution in [-0.4, -0.2) is 82.1 Å². The number of aliphatic hydroxyl groups excluding tert-OH is 1. The largest absolute Gasteiger partial charge is 0.491 e. The van der Waals surface area contributed by atoms with Gasteiger partial charge in [0, 0.05) is 32.2 Å². The molecule has 10 nitrogen and oxygen atoms in total. The van der Waals surface area contributed by atoms with Gasteiger partial charge in [0.1, 0.15) is 18.5 Å². The van der Waals surface area contributed by atoms with Gasteiger partial charge in [-0.15, -0.1) is 0 Å². The minimum Gasteiger partial charge on any atom is -0.491 e. The maximum Gasteiger partial charge on any atom is 0.243 e. The average Bonchev–Trinajstić information content (AvgIpc) is 3.86. The molecule has 1 saturated carbocycles. The highest BCUT2D eigenvalue weighted by Gasteiger charge is 2.45. The Hall–Kier alpha value is -2.84. The van der Waals surface area contributed by atoms with Crippen LogP contribution in [0.3, 0.4) is 0 Å². The molecule has 2 atom stereocenters. The highest BCUT2D eigenvalue weighted by atomic mass is 32.2. The third-order valence-corrected chi connectivity index (χ3v) is 13.3. The summed E-state index contributed by atoms with van der Waals surface area (Å²) in [6, 6.07) is 21.6. The van der Waals surface area contributed by atoms with E-state index in [9.17, 15) is 21.9 Å². The molecule has 2 aliphatic heterocycles. The number of piperidine rings is 1. The number of rotatable bonds is 12. The van der Waals surface area contributed by atoms with E-state index in [0.29, 0.717) is 63.1 Å². The van der Waals surface area contributed by atoms with Crippen molar-refractivity contribution < 1.29 is 31.4 Å². The van der Waals surface area contributed by atoms with E-state index in [2.05, 4.69) is 5.32 Å². The summed E-state index contributed by atoms with van der Waals surface area (Å²) in [4.78, 5) is 0.504. The van der Waals surface area contributed by atoms with E-state index in [1.165, 1.54) is 10.4 Å². The zero-order valence-corrected chi connectivity index (χ0v) is 26.8. The molecule has 3 aliphatic rings. The molecule has 1 aliphatic carbocycles. The number of nitrogens with two attached hydrogens (primary N) is 1. The lowest BCUT2D eigenvalue weighted by molar-refractivity contribution is -0.0312. The van der Waals surface area contributed by atoms with Crippen molar-refractivity contribution in [1.29, 1.82) is 0 Å². The summed E-state index contributed by atoms with van der Waals surface area (Å²) in [5.74, 6) is 0.408. The first-order valence-corrected chi connectivity index (χ1v) is 18.5. The topological polar surface area (TPSA) is 148 Å². The number of sulfonamides is 1. The second-order valence-corrected chi connectivity index (χ2v) is 16.4. The fourth-order valence-electron chi connectivity index (χ4n) is 6.24. The van der Waals surface area contributed by atoms with Gasteiger partial charge < -0.3 is 25.6 Å². The van der Waals surface area contributed by atoms with Gasteiger partial charge in [-0.3, -0.25) is 0 Å². The highest BCUT2D eigenvalue weighted by molar-refractivity contribution is 7.92. The molecule has 2 unspecified atom stereocenters. The lowest BCUT2D eigenvalue weighted by Gasteiger charge is -2.38. The van der Waals surface area contributed by atoms with E-state index in [4.69, 9.17) is 15.2 Å². The van der Waals surface area contributed by atoms with Gasteiger partial charge in [-0.2, -0.15) is 4.31 Å². The first-order valence-electron chi connectivity index (χ1n) is 15.5. The second-order valence-electron chi connectivity index (χ2n) is 12.3. The smallest absolute Gasteiger partial charge is 0.243 e. The van der Waals surface area contributed by atoms with E-state index in [1.807, 2.05) is 36.4 Å². The van der Waals surface area contributed by atoms with Crippen LogP contribution in [0.1, 0.15) is 37.7 Å². The van der Waals surface area contributed by atoms with Crippen molar-refractivity contribution in [2.45, 2.75) is 71.4 Å². The van der Waals surface area contributed by atoms with Crippen LogP contribution in [0.15, 0.2) is 82.6 Å². The number of sulfone groups is 1. The van der Waals surface area contributed by atoms with Crippen molar-refractivity contribution in [2.24, 2.45) is 5.73 Å². The summed E-state index contributed by atoms with van der Waals surface area (Å²) in [7, 11) is -7.07. The predicted molar refractivity (Wildman–Crippen MR) is 171 cm³/mol. The molecule has 1 spiro atoms. The SMILES string of the molecule is NCc1ccc(-c2ccccc2)cc1S(=O)(=O)N1CCC2(CC1)CC(NCC(O)COc1cccc(S(=O)(=O)C3CC3)c1)CO2. The molecule has 2 saturated heterocycles. The summed E-state index contributed by atoms with van der Waals surface area (Å²) < 4.78 is 66.1. The van der Waals surface area contributed by atoms with Gasteiger partial charge in [-0.05, 0) is 73.1 Å². The van der Waals surface area contributed by atoms with Crippen molar-refractivity contribution in [3.05, 3.63) is 78.4 Å². The van der Waals surface area contributed by atoms with E-state index in [-0.39, 0.29) is 40.8 Å². The second kappa shape index (κ2) is 13.1. The van der Waals surface area contributed by atoms with Gasteiger partial charge in [0.05, 0.1) is 27.2 Å². The molecular formula is C33H41N3O7S2. The van der Waals surface area contributed by atoms with Crippen LogP contribution in [0, 0.1) is 0 Å². The van der Waals surface area contributed by atoms with E-state index < -0.39 is 31.6 Å². The Labute approximate surface area is 265 Å². The zero-order chi connectivity index (χ0) is 31.7. The molecule has 3 aromatic rings. The van der Waals surface area contributed by atoms with Crippen LogP contribution in [0.4, 0.5) is 0 Å². The Bertz CT molecular complexity index is 1700. The first-order chi connectivity index (χ1) is 21.6. The molecule has 4 N–H and O–H groups in total. The van der Waals surface area contributed by atoms with Gasteiger partial charge in [-0.25, -0.2) is 16.8 Å². The van der Waals surface area contributed by atoms with Crippen LogP contribution in [-0.2, 0) is 31.1 Å². The predicted octanol–water partition coefficient (Wildman–Crippen LogP) is 3.09. The normalized spacial score (nSPS) is 21.2. The zero-order valence-electron chi connectivity index (χ0n) is 25.2. The Balaban J connectivity index is 1.00. The number of aliphatic hydroxyl groups is 1. The van der Waals surface area contributed by atoms with Crippen LogP contribution in [0.25, 0.3) is 11.1 Å². The number of nitrogens with one attached hydrogen (secondary N) is 1. The van der Waals surface area contributed by atoms with E-state index >= 15 is 0 Å². The molecule has 3 aromatic carbocycles. The maximum atomic E-state index is 13.8. The Morgan fingerprint density at radius 3 is 2.44 bits per heavy atom. The Morgan fingerprint density at radius 1 is 0.978 bits per heavy atom. The third-order valence-electron chi connectivity index (χ3n) is 9.04. The summed E-state index contributed by atoms with van der Waals surface area (Å²) >= 11 is 0. The summed E-state index contributed by atoms with van der Waals surface area (Å²) in [6.45, 7) is 1.59. The number of ether oxygens (including phenoxy) is 2. The lowest BCUT2D eigenvalue weighted by atomic mass is 9.88. The number of hydrogen-bond acceptors (Lipinski definition) is 9. The summed E-state index contributed by atoms with van der Waals surface area (Å²) in [6.07, 6.45) is 2.45. The number of nitrogens with zero attached hydrogens (tertiary/aromatic N) is 1. The summed E-state index contributed by atoms with van der Waals surface area (Å²) in [5, 5.41) is 13.6. The Morgan fingerprint density at radius 2 is 1.73 bits per heavy atom. The van der Waals surface area contributed by atoms with Gasteiger partial charge in [0.2, 0.25) is 10.0 Å². The van der Waals surface area contributed by atoms with Crippen molar-refractivity contribution in [3.63, 3.8) is 0 Å². The number of hydrogen-bond donors (Lipinski definition) is 3. The quantitative estimate of drug-likeness (QED) is 0.268. The minimum atomic E-state index is -3.76. The fourth-order valence-corrected chi connectivity index (χ4v) is 9.63.